The van der Waals surface area contributed by atoms with Gasteiger partial charge in [-0.25, -0.2) is 9.78 Å². The van der Waals surface area contributed by atoms with Gasteiger partial charge in [0.05, 0.1) is 36.1 Å². The van der Waals surface area contributed by atoms with Crippen molar-refractivity contribution in [2.75, 3.05) is 57.8 Å². The zero-order chi connectivity index (χ0) is 35.4. The van der Waals surface area contributed by atoms with Crippen LogP contribution >= 0.6 is 0 Å². The third-order valence-corrected chi connectivity index (χ3v) is 11.2. The Kier molecular flexibility index (Phi) is 8.47. The first kappa shape index (κ1) is 33.2. The van der Waals surface area contributed by atoms with E-state index in [1.165, 1.54) is 0 Å². The molecule has 2 fully saturated rings. The molecule has 4 aromatic rings. The molecule has 0 bridgehead atoms. The highest BCUT2D eigenvalue weighted by molar-refractivity contribution is 5.91. The highest BCUT2D eigenvalue weighted by Crippen LogP contribution is 2.40. The van der Waals surface area contributed by atoms with E-state index in [2.05, 4.69) is 31.0 Å². The van der Waals surface area contributed by atoms with Gasteiger partial charge in [0, 0.05) is 74.4 Å². The minimum Gasteiger partial charge on any atom is -0.496 e. The third-order valence-electron chi connectivity index (χ3n) is 11.2. The molecule has 0 spiro atoms. The minimum absolute atomic E-state index is 0.101. The van der Waals surface area contributed by atoms with E-state index in [9.17, 15) is 19.5 Å². The molecule has 4 aliphatic heterocycles. The van der Waals surface area contributed by atoms with Crippen molar-refractivity contribution in [1.82, 2.24) is 29.5 Å². The predicted molar refractivity (Wildman–Crippen MR) is 188 cm³/mol. The molecule has 0 radical (unpaired) electrons. The quantitative estimate of drug-likeness (QED) is 0.227. The highest BCUT2D eigenvalue weighted by Gasteiger charge is 2.45. The second-order valence-corrected chi connectivity index (χ2v) is 14.1. The molecule has 4 aliphatic rings. The fourth-order valence-electron chi connectivity index (χ4n) is 8.13. The molecule has 14 nitrogen and oxygen atoms in total. The van der Waals surface area contributed by atoms with Crippen LogP contribution in [0.4, 0.5) is 5.82 Å². The van der Waals surface area contributed by atoms with Gasteiger partial charge in [-0.1, -0.05) is 6.92 Å². The number of benzene rings is 1. The summed E-state index contributed by atoms with van der Waals surface area (Å²) in [6.45, 7) is 9.35. The fourth-order valence-corrected chi connectivity index (χ4v) is 8.13. The first-order valence-corrected chi connectivity index (χ1v) is 17.7. The lowest BCUT2D eigenvalue weighted by atomic mass is 9.86. The maximum absolute atomic E-state index is 13.6. The number of amides is 1. The van der Waals surface area contributed by atoms with Gasteiger partial charge < -0.3 is 34.7 Å². The number of hydrogen-bond acceptors (Lipinski definition) is 12. The number of primary amides is 1. The number of nitrogens with zero attached hydrogens (tertiary/aromatic N) is 7. The molecule has 0 saturated carbocycles. The van der Waals surface area contributed by atoms with Gasteiger partial charge in [-0.3, -0.25) is 14.5 Å². The molecule has 2 saturated heterocycles. The number of ether oxygens (including phenoxy) is 2. The Morgan fingerprint density at radius 2 is 1.80 bits per heavy atom. The van der Waals surface area contributed by atoms with Gasteiger partial charge in [-0.2, -0.15) is 0 Å². The summed E-state index contributed by atoms with van der Waals surface area (Å²) >= 11 is 0. The van der Waals surface area contributed by atoms with E-state index >= 15 is 0 Å². The number of esters is 1. The topological polar surface area (TPSA) is 169 Å². The van der Waals surface area contributed by atoms with E-state index in [1.54, 1.807) is 30.7 Å². The summed E-state index contributed by atoms with van der Waals surface area (Å²) < 4.78 is 12.7. The van der Waals surface area contributed by atoms with Gasteiger partial charge >= 0.3 is 5.97 Å². The number of hydrogen-bond donors (Lipinski definition) is 2. The number of aliphatic hydroxyl groups is 1. The Morgan fingerprint density at radius 3 is 2.49 bits per heavy atom. The lowest BCUT2D eigenvalue weighted by Gasteiger charge is -2.39. The number of cyclic esters (lactones) is 1. The van der Waals surface area contributed by atoms with Crippen LogP contribution in [0.1, 0.15) is 58.9 Å². The van der Waals surface area contributed by atoms with Crippen molar-refractivity contribution in [1.29, 1.82) is 0 Å². The van der Waals surface area contributed by atoms with Gasteiger partial charge in [0.25, 0.3) is 11.5 Å². The largest absolute Gasteiger partial charge is 0.496 e. The molecule has 3 N–H and O–H groups in total. The van der Waals surface area contributed by atoms with Crippen LogP contribution in [0.25, 0.3) is 22.3 Å². The van der Waals surface area contributed by atoms with Crippen LogP contribution in [0.2, 0.25) is 0 Å². The molecule has 7 heterocycles. The molecule has 266 valence electrons. The van der Waals surface area contributed by atoms with Crippen LogP contribution in [0.3, 0.4) is 0 Å². The van der Waals surface area contributed by atoms with Gasteiger partial charge in [0.1, 0.15) is 12.4 Å². The molecule has 0 aliphatic carbocycles. The number of carbonyl (C=O) groups excluding carboxylic acids is 2. The summed E-state index contributed by atoms with van der Waals surface area (Å²) in [5, 5.41) is 20.4. The van der Waals surface area contributed by atoms with E-state index in [4.69, 9.17) is 20.2 Å². The van der Waals surface area contributed by atoms with Crippen LogP contribution in [0, 0.1) is 5.92 Å². The van der Waals surface area contributed by atoms with E-state index < -0.39 is 17.5 Å². The third kappa shape index (κ3) is 5.80. The maximum Gasteiger partial charge on any atom is 0.343 e. The van der Waals surface area contributed by atoms with Crippen molar-refractivity contribution < 1.29 is 24.2 Å². The minimum atomic E-state index is -1.86. The van der Waals surface area contributed by atoms with E-state index in [1.807, 2.05) is 18.2 Å². The second-order valence-electron chi connectivity index (χ2n) is 14.1. The fraction of sp³-hybridized carbons (Fsp3) is 0.459. The summed E-state index contributed by atoms with van der Waals surface area (Å²) in [6, 6.07) is 11.2. The first-order valence-electron chi connectivity index (χ1n) is 17.7. The number of methoxy groups -OCH3 is 1. The molecular formula is C37H42N8O6. The molecule has 0 unspecified atom stereocenters. The Balaban J connectivity index is 0.949. The summed E-state index contributed by atoms with van der Waals surface area (Å²) in [5.74, 6) is 0.901. The number of piperidine rings is 1. The highest BCUT2D eigenvalue weighted by atomic mass is 16.6. The lowest BCUT2D eigenvalue weighted by Crippen LogP contribution is -2.48. The second kappa shape index (κ2) is 13.0. The van der Waals surface area contributed by atoms with Crippen LogP contribution < -0.4 is 20.9 Å². The van der Waals surface area contributed by atoms with E-state index in [0.29, 0.717) is 41.5 Å². The van der Waals surface area contributed by atoms with Crippen LogP contribution in [-0.4, -0.2) is 99.5 Å². The maximum atomic E-state index is 13.6. The average Bonchev–Trinajstić information content (AvgIpc) is 3.51. The Morgan fingerprint density at radius 1 is 1.04 bits per heavy atom. The zero-order valence-corrected chi connectivity index (χ0v) is 28.9. The molecule has 8 rings (SSSR count). The number of aromatic nitrogens is 4. The normalized spacial score (nSPS) is 20.9. The number of nitrogens with two attached hydrogens (primary N) is 1. The average molecular weight is 695 g/mol. The smallest absolute Gasteiger partial charge is 0.343 e. The van der Waals surface area contributed by atoms with Crippen molar-refractivity contribution in [2.45, 2.75) is 51.5 Å². The summed E-state index contributed by atoms with van der Waals surface area (Å²) in [7, 11) is 1.69. The number of anilines is 1. The van der Waals surface area contributed by atoms with Crippen LogP contribution in [0.15, 0.2) is 41.2 Å². The Labute approximate surface area is 294 Å². The number of pyridine rings is 2. The molecule has 3 aromatic heterocycles. The van der Waals surface area contributed by atoms with Crippen molar-refractivity contribution in [3.63, 3.8) is 0 Å². The van der Waals surface area contributed by atoms with Crippen molar-refractivity contribution in [3.8, 4) is 17.1 Å². The Hall–Kier alpha value is -4.92. The predicted octanol–water partition coefficient (Wildman–Crippen LogP) is 2.01. The van der Waals surface area contributed by atoms with Crippen molar-refractivity contribution in [3.05, 3.63) is 74.7 Å². The van der Waals surface area contributed by atoms with Crippen LogP contribution in [0.5, 0.6) is 5.75 Å². The number of fused-ring (bicyclic) bond motifs is 5. The summed E-state index contributed by atoms with van der Waals surface area (Å²) in [5.41, 5.74) is 8.05. The van der Waals surface area contributed by atoms with Gasteiger partial charge in [-0.05, 0) is 61.6 Å². The number of rotatable bonds is 8. The molecule has 1 atom stereocenters. The van der Waals surface area contributed by atoms with E-state index in [0.717, 1.165) is 92.3 Å². The summed E-state index contributed by atoms with van der Waals surface area (Å²) in [6.07, 6.45) is 2.26. The SMILES string of the molecule is CC[C@@]1(O)C(=O)OCc2c1cc1n(c2=O)Cc2cc3c(CN4CCN(CC5CCN(c6ccc(C(N)=O)nn6)CC5)CC4)c(OC)ccc3nc2-1. The Bertz CT molecular complexity index is 2090. The van der Waals surface area contributed by atoms with Gasteiger partial charge in [-0.15, -0.1) is 10.2 Å². The molecule has 51 heavy (non-hydrogen) atoms. The lowest BCUT2D eigenvalue weighted by molar-refractivity contribution is -0.172. The van der Waals surface area contributed by atoms with E-state index in [-0.39, 0.29) is 24.3 Å². The zero-order valence-electron chi connectivity index (χ0n) is 28.9. The van der Waals surface area contributed by atoms with Gasteiger partial charge in [0.15, 0.2) is 17.1 Å². The standard InChI is InChI=1S/C37H42N8O6/c1-3-37(49)27-17-30-33-23(19-45(30)35(47)26(27)21-51-36(37)48)16-24-25(31(50-2)6-4-28(24)39-33)20-43-14-12-42(13-15-43)18-22-8-10-44(11-9-22)32-7-5-29(34(38)46)40-41-32/h4-7,16-17,22,49H,3,8-15,18-21H2,1-2H3,(H2,38,46)/t37-/m0/s1. The molecule has 14 heteroatoms. The number of piperazine rings is 1. The van der Waals surface area contributed by atoms with Crippen molar-refractivity contribution in [2.24, 2.45) is 11.7 Å². The molecule has 1 aromatic carbocycles. The molecular weight excluding hydrogens is 652 g/mol. The monoisotopic (exact) mass is 694 g/mol. The van der Waals surface area contributed by atoms with Crippen LogP contribution in [-0.2, 0) is 34.8 Å². The number of carbonyl (C=O) groups is 2. The molecule has 1 amide bonds. The summed E-state index contributed by atoms with van der Waals surface area (Å²) in [4.78, 5) is 49.8. The first-order chi connectivity index (χ1) is 24.7. The van der Waals surface area contributed by atoms with Crippen molar-refractivity contribution >= 4 is 28.6 Å². The van der Waals surface area contributed by atoms with Gasteiger partial charge in [0.2, 0.25) is 0 Å².